The lowest BCUT2D eigenvalue weighted by molar-refractivity contribution is 0.0784. The Bertz CT molecular complexity index is 849. The number of rotatable bonds is 2. The minimum Gasteiger partial charge on any atom is -0.486 e. The molecular formula is C20H22N2O3S. The normalized spacial score (nSPS) is 26.8. The predicted molar refractivity (Wildman–Crippen MR) is 101 cm³/mol. The molecule has 2 aromatic rings. The predicted octanol–water partition coefficient (Wildman–Crippen LogP) is 3.00. The van der Waals surface area contributed by atoms with Crippen molar-refractivity contribution in [1.82, 2.24) is 4.90 Å². The molecule has 1 aromatic carbocycles. The molecule has 5 nitrogen and oxygen atoms in total. The number of thiophene rings is 1. The van der Waals surface area contributed by atoms with Gasteiger partial charge < -0.3 is 20.1 Å². The highest BCUT2D eigenvalue weighted by atomic mass is 32.1. The maximum atomic E-state index is 12.9. The molecule has 0 radical (unpaired) electrons. The van der Waals surface area contributed by atoms with E-state index in [1.54, 1.807) is 11.3 Å². The van der Waals surface area contributed by atoms with Crippen molar-refractivity contribution in [3.8, 4) is 21.9 Å². The van der Waals surface area contributed by atoms with Gasteiger partial charge in [0.1, 0.15) is 13.2 Å². The Morgan fingerprint density at radius 2 is 1.92 bits per heavy atom. The van der Waals surface area contributed by atoms with Crippen LogP contribution in [0.15, 0.2) is 30.3 Å². The first-order valence-corrected chi connectivity index (χ1v) is 10.1. The number of benzene rings is 1. The molecule has 5 rings (SSSR count). The van der Waals surface area contributed by atoms with Crippen molar-refractivity contribution in [1.29, 1.82) is 0 Å². The summed E-state index contributed by atoms with van der Waals surface area (Å²) in [6, 6.07) is 10.2. The van der Waals surface area contributed by atoms with Crippen LogP contribution < -0.4 is 15.2 Å². The van der Waals surface area contributed by atoms with Crippen molar-refractivity contribution in [2.75, 3.05) is 26.3 Å². The second-order valence-electron chi connectivity index (χ2n) is 7.40. The highest BCUT2D eigenvalue weighted by molar-refractivity contribution is 7.17. The second kappa shape index (κ2) is 6.28. The Morgan fingerprint density at radius 3 is 2.77 bits per heavy atom. The van der Waals surface area contributed by atoms with Gasteiger partial charge in [-0.25, -0.2) is 0 Å². The summed E-state index contributed by atoms with van der Waals surface area (Å²) in [5, 5.41) is 0. The molecule has 1 saturated carbocycles. The molecular weight excluding hydrogens is 348 g/mol. The average Bonchev–Trinajstić information content (AvgIpc) is 3.38. The molecule has 1 aromatic heterocycles. The van der Waals surface area contributed by atoms with Crippen molar-refractivity contribution in [2.45, 2.75) is 18.9 Å². The van der Waals surface area contributed by atoms with Gasteiger partial charge in [-0.2, -0.15) is 0 Å². The van der Waals surface area contributed by atoms with Crippen LogP contribution in [0.5, 0.6) is 11.5 Å². The minimum absolute atomic E-state index is 0.139. The Morgan fingerprint density at radius 1 is 1.08 bits per heavy atom. The zero-order chi connectivity index (χ0) is 17.7. The molecule has 1 aliphatic carbocycles. The van der Waals surface area contributed by atoms with Gasteiger partial charge in [0.05, 0.1) is 4.88 Å². The van der Waals surface area contributed by atoms with Gasteiger partial charge in [0, 0.05) is 24.0 Å². The fourth-order valence-corrected chi connectivity index (χ4v) is 5.40. The standard InChI is InChI=1S/C20H22N2O3S/c21-15-3-1-13-10-22(11-14(13)15)20(23)19-6-5-18(26-19)12-2-4-16-17(9-12)25-8-7-24-16/h2,4-6,9,13-15H,1,3,7-8,10-11,21H2. The third-order valence-electron chi connectivity index (χ3n) is 5.84. The molecule has 0 spiro atoms. The summed E-state index contributed by atoms with van der Waals surface area (Å²) in [4.78, 5) is 16.8. The Labute approximate surface area is 156 Å². The number of hydrogen-bond donors (Lipinski definition) is 1. The number of ether oxygens (including phenoxy) is 2. The van der Waals surface area contributed by atoms with Crippen LogP contribution in [0.4, 0.5) is 0 Å². The van der Waals surface area contributed by atoms with E-state index in [0.717, 1.165) is 52.7 Å². The Kier molecular flexibility index (Phi) is 3.90. The molecule has 3 heterocycles. The molecule has 2 fully saturated rings. The van der Waals surface area contributed by atoms with Gasteiger partial charge in [-0.1, -0.05) is 0 Å². The van der Waals surface area contributed by atoms with Gasteiger partial charge in [0.15, 0.2) is 11.5 Å². The Balaban J connectivity index is 1.35. The molecule has 3 unspecified atom stereocenters. The summed E-state index contributed by atoms with van der Waals surface area (Å²) >= 11 is 1.54. The van der Waals surface area contributed by atoms with E-state index in [-0.39, 0.29) is 11.9 Å². The zero-order valence-electron chi connectivity index (χ0n) is 14.5. The number of hydrogen-bond acceptors (Lipinski definition) is 5. The maximum absolute atomic E-state index is 12.9. The van der Waals surface area contributed by atoms with E-state index in [0.29, 0.717) is 25.0 Å². The van der Waals surface area contributed by atoms with Crippen molar-refractivity contribution in [2.24, 2.45) is 17.6 Å². The molecule has 2 N–H and O–H groups in total. The molecule has 26 heavy (non-hydrogen) atoms. The van der Waals surface area contributed by atoms with Gasteiger partial charge in [0.25, 0.3) is 5.91 Å². The van der Waals surface area contributed by atoms with Crippen molar-refractivity contribution >= 4 is 17.2 Å². The fourth-order valence-electron chi connectivity index (χ4n) is 4.43. The molecule has 3 atom stereocenters. The van der Waals surface area contributed by atoms with E-state index in [1.165, 1.54) is 0 Å². The summed E-state index contributed by atoms with van der Waals surface area (Å²) in [6.45, 7) is 2.83. The molecule has 1 saturated heterocycles. The summed E-state index contributed by atoms with van der Waals surface area (Å²) in [5.74, 6) is 2.77. The SMILES string of the molecule is NC1CCC2CN(C(=O)c3ccc(-c4ccc5c(c4)OCCO5)s3)CC12. The highest BCUT2D eigenvalue weighted by Gasteiger charge is 2.42. The van der Waals surface area contributed by atoms with Crippen molar-refractivity contribution < 1.29 is 14.3 Å². The number of nitrogens with zero attached hydrogens (tertiary/aromatic N) is 1. The molecule has 6 heteroatoms. The van der Waals surface area contributed by atoms with E-state index in [4.69, 9.17) is 15.2 Å². The van der Waals surface area contributed by atoms with Crippen LogP contribution in [0.3, 0.4) is 0 Å². The maximum Gasteiger partial charge on any atom is 0.263 e. The molecule has 0 bridgehead atoms. The molecule has 136 valence electrons. The smallest absolute Gasteiger partial charge is 0.263 e. The van der Waals surface area contributed by atoms with Crippen molar-refractivity contribution in [3.63, 3.8) is 0 Å². The summed E-state index contributed by atoms with van der Waals surface area (Å²) in [6.07, 6.45) is 2.26. The van der Waals surface area contributed by atoms with Crippen LogP contribution in [-0.2, 0) is 0 Å². The lowest BCUT2D eigenvalue weighted by Gasteiger charge is -2.18. The second-order valence-corrected chi connectivity index (χ2v) is 8.48. The number of likely N-dealkylation sites (tertiary alicyclic amines) is 1. The first kappa shape index (κ1) is 16.1. The zero-order valence-corrected chi connectivity index (χ0v) is 15.3. The summed E-state index contributed by atoms with van der Waals surface area (Å²) in [7, 11) is 0. The van der Waals surface area contributed by atoms with E-state index in [9.17, 15) is 4.79 Å². The summed E-state index contributed by atoms with van der Waals surface area (Å²) in [5.41, 5.74) is 7.25. The fraction of sp³-hybridized carbons (Fsp3) is 0.450. The Hall–Kier alpha value is -2.05. The lowest BCUT2D eigenvalue weighted by Crippen LogP contribution is -2.33. The van der Waals surface area contributed by atoms with Gasteiger partial charge in [-0.3, -0.25) is 4.79 Å². The number of nitrogens with two attached hydrogens (primary N) is 1. The van der Waals surface area contributed by atoms with E-state index < -0.39 is 0 Å². The molecule has 2 aliphatic heterocycles. The third kappa shape index (κ3) is 2.68. The molecule has 1 amide bonds. The van der Waals surface area contributed by atoms with Gasteiger partial charge in [-0.05, 0) is 60.6 Å². The lowest BCUT2D eigenvalue weighted by atomic mass is 9.98. The largest absolute Gasteiger partial charge is 0.486 e. The van der Waals surface area contributed by atoms with Crippen LogP contribution in [0.2, 0.25) is 0 Å². The van der Waals surface area contributed by atoms with Crippen LogP contribution in [0.1, 0.15) is 22.5 Å². The van der Waals surface area contributed by atoms with E-state index in [2.05, 4.69) is 0 Å². The first-order valence-electron chi connectivity index (χ1n) is 9.24. The molecule has 3 aliphatic rings. The van der Waals surface area contributed by atoms with Crippen LogP contribution in [-0.4, -0.2) is 43.2 Å². The van der Waals surface area contributed by atoms with E-state index >= 15 is 0 Å². The number of carbonyl (C=O) groups excluding carboxylic acids is 1. The van der Waals surface area contributed by atoms with Crippen LogP contribution in [0, 0.1) is 11.8 Å². The van der Waals surface area contributed by atoms with Gasteiger partial charge in [-0.15, -0.1) is 11.3 Å². The number of fused-ring (bicyclic) bond motifs is 2. The summed E-state index contributed by atoms with van der Waals surface area (Å²) < 4.78 is 11.2. The van der Waals surface area contributed by atoms with E-state index in [1.807, 2.05) is 35.2 Å². The number of carbonyl (C=O) groups is 1. The third-order valence-corrected chi connectivity index (χ3v) is 6.97. The monoisotopic (exact) mass is 370 g/mol. The first-order chi connectivity index (χ1) is 12.7. The van der Waals surface area contributed by atoms with Crippen molar-refractivity contribution in [3.05, 3.63) is 35.2 Å². The van der Waals surface area contributed by atoms with Gasteiger partial charge >= 0.3 is 0 Å². The quantitative estimate of drug-likeness (QED) is 0.883. The number of amides is 1. The highest BCUT2D eigenvalue weighted by Crippen LogP contribution is 2.40. The average molecular weight is 370 g/mol. The topological polar surface area (TPSA) is 64.8 Å². The minimum atomic E-state index is 0.139. The van der Waals surface area contributed by atoms with Crippen LogP contribution in [0.25, 0.3) is 10.4 Å². The van der Waals surface area contributed by atoms with Gasteiger partial charge in [0.2, 0.25) is 0 Å². The van der Waals surface area contributed by atoms with Crippen LogP contribution >= 0.6 is 11.3 Å².